The Morgan fingerprint density at radius 2 is 2.00 bits per heavy atom. The zero-order valence-corrected chi connectivity index (χ0v) is 13.2. The third kappa shape index (κ3) is 3.94. The van der Waals surface area contributed by atoms with E-state index in [4.69, 9.17) is 0 Å². The van der Waals surface area contributed by atoms with Gasteiger partial charge in [-0.3, -0.25) is 4.72 Å². The molecule has 5 nitrogen and oxygen atoms in total. The molecule has 0 aliphatic heterocycles. The van der Waals surface area contributed by atoms with Crippen molar-refractivity contribution in [3.63, 3.8) is 0 Å². The molecule has 0 fully saturated rings. The average molecular weight is 323 g/mol. The lowest BCUT2D eigenvalue weighted by Gasteiger charge is -2.10. The van der Waals surface area contributed by atoms with Crippen molar-refractivity contribution in [1.82, 2.24) is 4.98 Å². The van der Waals surface area contributed by atoms with E-state index in [1.54, 1.807) is 25.3 Å². The first-order valence-electron chi connectivity index (χ1n) is 6.91. The second kappa shape index (κ2) is 6.74. The van der Waals surface area contributed by atoms with Crippen LogP contribution in [0.5, 0.6) is 0 Å². The SMILES string of the molecule is CCCNc1ccc(NS(=O)(=O)c2ccc(F)cc2C)nc1. The lowest BCUT2D eigenvalue weighted by molar-refractivity contribution is 0.598. The summed E-state index contributed by atoms with van der Waals surface area (Å²) in [5.41, 5.74) is 1.16. The summed E-state index contributed by atoms with van der Waals surface area (Å²) in [6.07, 6.45) is 2.54. The highest BCUT2D eigenvalue weighted by Gasteiger charge is 2.17. The second-order valence-electron chi connectivity index (χ2n) is 4.87. The van der Waals surface area contributed by atoms with Crippen LogP contribution in [0.25, 0.3) is 0 Å². The van der Waals surface area contributed by atoms with Crippen molar-refractivity contribution in [2.24, 2.45) is 0 Å². The molecule has 0 amide bonds. The van der Waals surface area contributed by atoms with E-state index in [-0.39, 0.29) is 10.7 Å². The van der Waals surface area contributed by atoms with Crippen molar-refractivity contribution in [3.8, 4) is 0 Å². The number of aryl methyl sites for hydroxylation is 1. The van der Waals surface area contributed by atoms with Crippen molar-refractivity contribution >= 4 is 21.5 Å². The van der Waals surface area contributed by atoms with Gasteiger partial charge < -0.3 is 5.32 Å². The van der Waals surface area contributed by atoms with E-state index >= 15 is 0 Å². The standard InChI is InChI=1S/C15H18FN3O2S/c1-3-8-17-13-5-7-15(18-10-13)19-22(20,21)14-6-4-12(16)9-11(14)2/h4-7,9-10,17H,3,8H2,1-2H3,(H,18,19). The van der Waals surface area contributed by atoms with Crippen LogP contribution in [0.2, 0.25) is 0 Å². The van der Waals surface area contributed by atoms with Gasteiger partial charge in [0.15, 0.2) is 0 Å². The van der Waals surface area contributed by atoms with Crippen molar-refractivity contribution in [2.45, 2.75) is 25.2 Å². The molecule has 2 N–H and O–H groups in total. The molecule has 1 aromatic heterocycles. The topological polar surface area (TPSA) is 71.1 Å². The Kier molecular flexibility index (Phi) is 4.97. The van der Waals surface area contributed by atoms with Crippen LogP contribution in [-0.4, -0.2) is 19.9 Å². The van der Waals surface area contributed by atoms with Crippen molar-refractivity contribution in [2.75, 3.05) is 16.6 Å². The molecule has 0 saturated carbocycles. The number of pyridine rings is 1. The quantitative estimate of drug-likeness (QED) is 0.856. The molecular weight excluding hydrogens is 305 g/mol. The predicted molar refractivity (Wildman–Crippen MR) is 85.0 cm³/mol. The number of anilines is 2. The zero-order valence-electron chi connectivity index (χ0n) is 12.4. The molecule has 0 atom stereocenters. The van der Waals surface area contributed by atoms with Crippen LogP contribution >= 0.6 is 0 Å². The monoisotopic (exact) mass is 323 g/mol. The Morgan fingerprint density at radius 3 is 2.59 bits per heavy atom. The Bertz CT molecular complexity index is 746. The Labute approximate surface area is 129 Å². The molecule has 2 aromatic rings. The van der Waals surface area contributed by atoms with Gasteiger partial charge in [0.05, 0.1) is 16.8 Å². The molecule has 22 heavy (non-hydrogen) atoms. The van der Waals surface area contributed by atoms with E-state index in [1.807, 2.05) is 6.92 Å². The molecule has 1 heterocycles. The number of sulfonamides is 1. The third-order valence-electron chi connectivity index (χ3n) is 3.01. The van der Waals surface area contributed by atoms with Crippen LogP contribution in [0.15, 0.2) is 41.4 Å². The minimum Gasteiger partial charge on any atom is -0.384 e. The van der Waals surface area contributed by atoms with Gasteiger partial charge in [-0.15, -0.1) is 0 Å². The van der Waals surface area contributed by atoms with E-state index in [0.717, 1.165) is 24.7 Å². The number of halogens is 1. The van der Waals surface area contributed by atoms with Crippen LogP contribution in [0, 0.1) is 12.7 Å². The van der Waals surface area contributed by atoms with E-state index in [1.165, 1.54) is 12.1 Å². The van der Waals surface area contributed by atoms with Gasteiger partial charge in [0, 0.05) is 6.54 Å². The van der Waals surface area contributed by atoms with Gasteiger partial charge in [-0.05, 0) is 49.2 Å². The Balaban J connectivity index is 2.18. The van der Waals surface area contributed by atoms with Gasteiger partial charge in [0.2, 0.25) is 0 Å². The molecule has 118 valence electrons. The van der Waals surface area contributed by atoms with Gasteiger partial charge in [-0.25, -0.2) is 17.8 Å². The molecule has 7 heteroatoms. The van der Waals surface area contributed by atoms with Crippen LogP contribution in [0.1, 0.15) is 18.9 Å². The molecule has 0 spiro atoms. The molecule has 0 saturated heterocycles. The number of hydrogen-bond acceptors (Lipinski definition) is 4. The minimum absolute atomic E-state index is 0.0314. The lowest BCUT2D eigenvalue weighted by atomic mass is 10.2. The molecule has 0 aliphatic carbocycles. The average Bonchev–Trinajstić information content (AvgIpc) is 2.45. The van der Waals surface area contributed by atoms with Gasteiger partial charge >= 0.3 is 0 Å². The van der Waals surface area contributed by atoms with E-state index in [2.05, 4.69) is 15.0 Å². The van der Waals surface area contributed by atoms with Gasteiger partial charge in [0.1, 0.15) is 11.6 Å². The highest BCUT2D eigenvalue weighted by atomic mass is 32.2. The fraction of sp³-hybridized carbons (Fsp3) is 0.267. The summed E-state index contributed by atoms with van der Waals surface area (Å²) >= 11 is 0. The summed E-state index contributed by atoms with van der Waals surface area (Å²) < 4.78 is 40.1. The summed E-state index contributed by atoms with van der Waals surface area (Å²) in [7, 11) is -3.79. The predicted octanol–water partition coefficient (Wildman–Crippen LogP) is 3.15. The van der Waals surface area contributed by atoms with Gasteiger partial charge in [0.25, 0.3) is 10.0 Å². The first-order valence-corrected chi connectivity index (χ1v) is 8.39. The Morgan fingerprint density at radius 1 is 1.23 bits per heavy atom. The van der Waals surface area contributed by atoms with Gasteiger partial charge in [-0.1, -0.05) is 6.92 Å². The summed E-state index contributed by atoms with van der Waals surface area (Å²) in [4.78, 5) is 4.09. The van der Waals surface area contributed by atoms with E-state index < -0.39 is 15.8 Å². The molecule has 0 aliphatic rings. The summed E-state index contributed by atoms with van der Waals surface area (Å²) in [6, 6.07) is 6.86. The Hall–Kier alpha value is -2.15. The third-order valence-corrected chi connectivity index (χ3v) is 4.52. The maximum atomic E-state index is 13.1. The first kappa shape index (κ1) is 16.2. The van der Waals surface area contributed by atoms with Crippen molar-refractivity contribution in [3.05, 3.63) is 47.9 Å². The maximum Gasteiger partial charge on any atom is 0.263 e. The molecule has 0 bridgehead atoms. The molecule has 0 unspecified atom stereocenters. The van der Waals surface area contributed by atoms with Crippen molar-refractivity contribution in [1.29, 1.82) is 0 Å². The van der Waals surface area contributed by atoms with Crippen LogP contribution in [0.3, 0.4) is 0 Å². The van der Waals surface area contributed by atoms with Crippen LogP contribution in [0.4, 0.5) is 15.9 Å². The van der Waals surface area contributed by atoms with E-state index in [9.17, 15) is 12.8 Å². The molecule has 2 rings (SSSR count). The molecule has 1 aromatic carbocycles. The summed E-state index contributed by atoms with van der Waals surface area (Å²) in [5.74, 6) is -0.258. The number of nitrogens with zero attached hydrogens (tertiary/aromatic N) is 1. The highest BCUT2D eigenvalue weighted by Crippen LogP contribution is 2.19. The van der Waals surface area contributed by atoms with Gasteiger partial charge in [-0.2, -0.15) is 0 Å². The normalized spacial score (nSPS) is 11.2. The van der Waals surface area contributed by atoms with Crippen LogP contribution in [-0.2, 0) is 10.0 Å². The fourth-order valence-electron chi connectivity index (χ4n) is 1.94. The first-order chi connectivity index (χ1) is 10.4. The second-order valence-corrected chi connectivity index (χ2v) is 6.53. The largest absolute Gasteiger partial charge is 0.384 e. The highest BCUT2D eigenvalue weighted by molar-refractivity contribution is 7.92. The van der Waals surface area contributed by atoms with E-state index in [0.29, 0.717) is 5.56 Å². The molecule has 0 radical (unpaired) electrons. The summed E-state index contributed by atoms with van der Waals surface area (Å²) in [5, 5.41) is 3.15. The fourth-order valence-corrected chi connectivity index (χ4v) is 3.17. The number of aromatic nitrogens is 1. The smallest absolute Gasteiger partial charge is 0.263 e. The minimum atomic E-state index is -3.79. The number of nitrogens with one attached hydrogen (secondary N) is 2. The molecular formula is C15H18FN3O2S. The van der Waals surface area contributed by atoms with Crippen LogP contribution < -0.4 is 10.0 Å². The van der Waals surface area contributed by atoms with Crippen molar-refractivity contribution < 1.29 is 12.8 Å². The zero-order chi connectivity index (χ0) is 16.2. The number of hydrogen-bond donors (Lipinski definition) is 2. The summed E-state index contributed by atoms with van der Waals surface area (Å²) in [6.45, 7) is 4.42. The number of rotatable bonds is 6. The lowest BCUT2D eigenvalue weighted by Crippen LogP contribution is -2.15. The number of benzene rings is 1. The maximum absolute atomic E-state index is 13.1.